The minimum absolute atomic E-state index is 0.0404. The summed E-state index contributed by atoms with van der Waals surface area (Å²) in [7, 11) is -4.15. The highest BCUT2D eigenvalue weighted by molar-refractivity contribution is 9.10. The lowest BCUT2D eigenvalue weighted by molar-refractivity contribution is -0.139. The van der Waals surface area contributed by atoms with Gasteiger partial charge in [0.05, 0.1) is 10.6 Å². The third-order valence-electron chi connectivity index (χ3n) is 6.50. The number of rotatable bonds is 12. The summed E-state index contributed by atoms with van der Waals surface area (Å²) in [5, 5.41) is 2.76. The van der Waals surface area contributed by atoms with E-state index in [2.05, 4.69) is 21.2 Å². The van der Waals surface area contributed by atoms with E-state index in [9.17, 15) is 18.0 Å². The molecule has 0 aliphatic heterocycles. The van der Waals surface area contributed by atoms with E-state index in [-0.39, 0.29) is 23.0 Å². The van der Waals surface area contributed by atoms with Crippen molar-refractivity contribution >= 4 is 43.5 Å². The molecule has 2 amide bonds. The van der Waals surface area contributed by atoms with Crippen LogP contribution in [0.2, 0.25) is 0 Å². The van der Waals surface area contributed by atoms with Gasteiger partial charge in [-0.1, -0.05) is 64.5 Å². The highest BCUT2D eigenvalue weighted by Gasteiger charge is 2.32. The number of sulfonamides is 1. The predicted molar refractivity (Wildman–Crippen MR) is 167 cm³/mol. The monoisotopic (exact) mass is 649 g/mol. The number of hydrogen-bond acceptors (Lipinski definition) is 5. The van der Waals surface area contributed by atoms with Crippen LogP contribution in [-0.2, 0) is 26.2 Å². The van der Waals surface area contributed by atoms with Gasteiger partial charge in [0.2, 0.25) is 11.8 Å². The number of carbonyl (C=O) groups excluding carboxylic acids is 2. The Morgan fingerprint density at radius 3 is 2.00 bits per heavy atom. The third-order valence-corrected chi connectivity index (χ3v) is 8.81. The molecule has 0 heterocycles. The van der Waals surface area contributed by atoms with Gasteiger partial charge in [-0.05, 0) is 80.1 Å². The van der Waals surface area contributed by atoms with Crippen molar-refractivity contribution in [2.45, 2.75) is 31.3 Å². The number of ether oxygens (including phenoxy) is 1. The molecule has 0 aliphatic carbocycles. The Bertz CT molecular complexity index is 1580. The second-order valence-corrected chi connectivity index (χ2v) is 12.2. The quantitative estimate of drug-likeness (QED) is 0.203. The van der Waals surface area contributed by atoms with Gasteiger partial charge in [0, 0.05) is 17.6 Å². The maximum absolute atomic E-state index is 13.9. The minimum atomic E-state index is -4.15. The van der Waals surface area contributed by atoms with E-state index in [4.69, 9.17) is 4.74 Å². The standard InChI is InChI=1S/C32H32BrN3O5S/c1-3-34-32(38)24(2)35(22-25-14-16-26(33)17-15-25)31(37)23-36(42(39,40)30-12-8-5-9-13-30)27-18-20-29(21-19-27)41-28-10-6-4-7-11-28/h4-21,24H,3,22-23H2,1-2H3,(H,34,38). The first-order valence-corrected chi connectivity index (χ1v) is 15.6. The lowest BCUT2D eigenvalue weighted by Crippen LogP contribution is -2.51. The first-order valence-electron chi connectivity index (χ1n) is 13.4. The largest absolute Gasteiger partial charge is 0.457 e. The lowest BCUT2D eigenvalue weighted by atomic mass is 10.1. The fourth-order valence-corrected chi connectivity index (χ4v) is 5.94. The van der Waals surface area contributed by atoms with Crippen molar-refractivity contribution in [3.63, 3.8) is 0 Å². The molecule has 4 aromatic rings. The van der Waals surface area contributed by atoms with Gasteiger partial charge in [0.15, 0.2) is 0 Å². The molecule has 1 unspecified atom stereocenters. The highest BCUT2D eigenvalue weighted by Crippen LogP contribution is 2.28. The highest BCUT2D eigenvalue weighted by atomic mass is 79.9. The summed E-state index contributed by atoms with van der Waals surface area (Å²) in [4.78, 5) is 28.2. The van der Waals surface area contributed by atoms with E-state index in [0.717, 1.165) is 14.3 Å². The first-order chi connectivity index (χ1) is 20.2. The van der Waals surface area contributed by atoms with Crippen LogP contribution in [0.15, 0.2) is 119 Å². The van der Waals surface area contributed by atoms with Crippen molar-refractivity contribution < 1.29 is 22.7 Å². The molecule has 0 saturated carbocycles. The maximum Gasteiger partial charge on any atom is 0.264 e. The van der Waals surface area contributed by atoms with E-state index in [1.165, 1.54) is 17.0 Å². The van der Waals surface area contributed by atoms with Crippen LogP contribution < -0.4 is 14.4 Å². The van der Waals surface area contributed by atoms with E-state index in [0.29, 0.717) is 18.0 Å². The zero-order chi connectivity index (χ0) is 30.1. The summed E-state index contributed by atoms with van der Waals surface area (Å²) < 4.78 is 35.6. The van der Waals surface area contributed by atoms with Crippen LogP contribution in [0.25, 0.3) is 0 Å². The van der Waals surface area contributed by atoms with Gasteiger partial charge >= 0.3 is 0 Å². The first kappa shape index (κ1) is 30.8. The second kappa shape index (κ2) is 14.2. The molecule has 0 spiro atoms. The average molecular weight is 651 g/mol. The second-order valence-electron chi connectivity index (χ2n) is 9.45. The van der Waals surface area contributed by atoms with Crippen LogP contribution in [0, 0.1) is 0 Å². The SMILES string of the molecule is CCNC(=O)C(C)N(Cc1ccc(Br)cc1)C(=O)CN(c1ccc(Oc2ccccc2)cc1)S(=O)(=O)c1ccccc1. The van der Waals surface area contributed by atoms with E-state index >= 15 is 0 Å². The number of anilines is 1. The molecule has 0 aliphatic rings. The van der Waals surface area contributed by atoms with E-state index in [1.54, 1.807) is 56.3 Å². The van der Waals surface area contributed by atoms with Crippen molar-refractivity contribution in [3.8, 4) is 11.5 Å². The summed E-state index contributed by atoms with van der Waals surface area (Å²) >= 11 is 3.41. The van der Waals surface area contributed by atoms with Crippen LogP contribution >= 0.6 is 15.9 Å². The van der Waals surface area contributed by atoms with Crippen molar-refractivity contribution in [1.29, 1.82) is 0 Å². The van der Waals surface area contributed by atoms with Crippen molar-refractivity contribution in [3.05, 3.63) is 119 Å². The van der Waals surface area contributed by atoms with Crippen LogP contribution in [0.3, 0.4) is 0 Å². The number of nitrogens with zero attached hydrogens (tertiary/aromatic N) is 2. The number of likely N-dealkylation sites (N-methyl/N-ethyl adjacent to an activating group) is 1. The van der Waals surface area contributed by atoms with Gasteiger partial charge < -0.3 is 15.0 Å². The summed E-state index contributed by atoms with van der Waals surface area (Å²) in [6, 6.07) is 30.2. The minimum Gasteiger partial charge on any atom is -0.457 e. The summed E-state index contributed by atoms with van der Waals surface area (Å²) in [5.41, 5.74) is 1.07. The smallest absolute Gasteiger partial charge is 0.264 e. The number of nitrogens with one attached hydrogen (secondary N) is 1. The lowest BCUT2D eigenvalue weighted by Gasteiger charge is -2.32. The Kier molecular flexibility index (Phi) is 10.4. The Balaban J connectivity index is 1.68. The van der Waals surface area contributed by atoms with Gasteiger partial charge in [-0.25, -0.2) is 8.42 Å². The molecule has 218 valence electrons. The molecule has 1 N–H and O–H groups in total. The molecule has 0 saturated heterocycles. The Labute approximate surface area is 255 Å². The Morgan fingerprint density at radius 2 is 1.40 bits per heavy atom. The molecule has 4 aromatic carbocycles. The van der Waals surface area contributed by atoms with E-state index < -0.39 is 28.5 Å². The molecule has 0 radical (unpaired) electrons. The van der Waals surface area contributed by atoms with Gasteiger partial charge in [-0.2, -0.15) is 0 Å². The van der Waals surface area contributed by atoms with Gasteiger partial charge in [-0.3, -0.25) is 13.9 Å². The molecule has 8 nitrogen and oxygen atoms in total. The van der Waals surface area contributed by atoms with E-state index in [1.807, 2.05) is 54.6 Å². The third kappa shape index (κ3) is 7.77. The summed E-state index contributed by atoms with van der Waals surface area (Å²) in [5.74, 6) is 0.288. The zero-order valence-electron chi connectivity index (χ0n) is 23.3. The molecular weight excluding hydrogens is 618 g/mol. The van der Waals surface area contributed by atoms with Gasteiger partial charge in [-0.15, -0.1) is 0 Å². The topological polar surface area (TPSA) is 96.0 Å². The van der Waals surface area contributed by atoms with Gasteiger partial charge in [0.1, 0.15) is 24.1 Å². The number of para-hydroxylation sites is 1. The zero-order valence-corrected chi connectivity index (χ0v) is 25.7. The fraction of sp³-hybridized carbons (Fsp3) is 0.188. The van der Waals surface area contributed by atoms with Crippen molar-refractivity contribution in [2.75, 3.05) is 17.4 Å². The molecule has 10 heteroatoms. The normalized spacial score (nSPS) is 11.8. The van der Waals surface area contributed by atoms with Gasteiger partial charge in [0.25, 0.3) is 10.0 Å². The predicted octanol–water partition coefficient (Wildman–Crippen LogP) is 5.99. The number of halogens is 1. The van der Waals surface area contributed by atoms with Crippen LogP contribution in [0.4, 0.5) is 5.69 Å². The van der Waals surface area contributed by atoms with Crippen LogP contribution in [0.5, 0.6) is 11.5 Å². The molecule has 0 bridgehead atoms. The molecule has 1 atom stereocenters. The Hall–Kier alpha value is -4.15. The molecule has 42 heavy (non-hydrogen) atoms. The van der Waals surface area contributed by atoms with Crippen molar-refractivity contribution in [1.82, 2.24) is 10.2 Å². The molecule has 4 rings (SSSR count). The Morgan fingerprint density at radius 1 is 0.833 bits per heavy atom. The molecule has 0 aromatic heterocycles. The number of hydrogen-bond donors (Lipinski definition) is 1. The molecule has 0 fully saturated rings. The fourth-order valence-electron chi connectivity index (χ4n) is 4.24. The van der Waals surface area contributed by atoms with Crippen molar-refractivity contribution in [2.24, 2.45) is 0 Å². The number of benzene rings is 4. The summed E-state index contributed by atoms with van der Waals surface area (Å²) in [6.45, 7) is 3.43. The number of carbonyl (C=O) groups is 2. The maximum atomic E-state index is 13.9. The van der Waals surface area contributed by atoms with Crippen LogP contribution in [0.1, 0.15) is 19.4 Å². The summed E-state index contributed by atoms with van der Waals surface area (Å²) in [6.07, 6.45) is 0. The molecular formula is C32H32BrN3O5S. The average Bonchev–Trinajstić information content (AvgIpc) is 3.00. The number of amides is 2. The van der Waals surface area contributed by atoms with Crippen LogP contribution in [-0.4, -0.2) is 44.3 Å².